The van der Waals surface area contributed by atoms with Gasteiger partial charge in [0.25, 0.3) is 0 Å². The minimum atomic E-state index is -0.310. The minimum absolute atomic E-state index is 0.207. The Kier molecular flexibility index (Phi) is 4.86. The highest BCUT2D eigenvalue weighted by Gasteiger charge is 2.30. The van der Waals surface area contributed by atoms with E-state index in [1.807, 2.05) is 6.07 Å². The summed E-state index contributed by atoms with van der Waals surface area (Å²) >= 11 is 5.74. The Labute approximate surface area is 120 Å². The van der Waals surface area contributed by atoms with E-state index >= 15 is 0 Å². The summed E-state index contributed by atoms with van der Waals surface area (Å²) in [6.45, 7) is 5.48. The average molecular weight is 284 g/mol. The van der Waals surface area contributed by atoms with Crippen LogP contribution in [0.5, 0.6) is 0 Å². The smallest absolute Gasteiger partial charge is 0.142 e. The van der Waals surface area contributed by atoms with Crippen LogP contribution in [-0.4, -0.2) is 12.6 Å². The molecule has 0 bridgehead atoms. The van der Waals surface area contributed by atoms with Crippen LogP contribution >= 0.6 is 11.6 Å². The second kappa shape index (κ2) is 6.23. The lowest BCUT2D eigenvalue weighted by Crippen LogP contribution is -2.36. The van der Waals surface area contributed by atoms with Gasteiger partial charge < -0.3 is 5.32 Å². The van der Waals surface area contributed by atoms with Crippen molar-refractivity contribution in [2.75, 3.05) is 6.54 Å². The van der Waals surface area contributed by atoms with Crippen LogP contribution in [0.25, 0.3) is 0 Å². The molecule has 3 heteroatoms. The van der Waals surface area contributed by atoms with Crippen molar-refractivity contribution < 1.29 is 4.39 Å². The van der Waals surface area contributed by atoms with Crippen LogP contribution < -0.4 is 5.32 Å². The van der Waals surface area contributed by atoms with Crippen molar-refractivity contribution in [3.8, 4) is 0 Å². The maximum atomic E-state index is 13.5. The van der Waals surface area contributed by atoms with E-state index in [1.165, 1.54) is 12.8 Å². The van der Waals surface area contributed by atoms with Gasteiger partial charge in [-0.2, -0.15) is 0 Å². The SMILES string of the molecule is CCC(CC)(CNC1CC1)Cc1ccc(Cl)c(F)c1. The number of rotatable bonds is 7. The van der Waals surface area contributed by atoms with Crippen LogP contribution in [0.4, 0.5) is 4.39 Å². The Morgan fingerprint density at radius 3 is 2.53 bits per heavy atom. The van der Waals surface area contributed by atoms with E-state index in [0.29, 0.717) is 0 Å². The molecule has 1 aromatic rings. The molecule has 0 aliphatic heterocycles. The number of hydrogen-bond donors (Lipinski definition) is 1. The number of halogens is 2. The van der Waals surface area contributed by atoms with Gasteiger partial charge in [0.05, 0.1) is 5.02 Å². The molecule has 1 aliphatic rings. The van der Waals surface area contributed by atoms with Crippen molar-refractivity contribution in [2.45, 2.75) is 52.0 Å². The summed E-state index contributed by atoms with van der Waals surface area (Å²) in [5, 5.41) is 3.83. The van der Waals surface area contributed by atoms with Gasteiger partial charge >= 0.3 is 0 Å². The fourth-order valence-corrected chi connectivity index (χ4v) is 2.66. The fourth-order valence-electron chi connectivity index (χ4n) is 2.54. The lowest BCUT2D eigenvalue weighted by atomic mass is 9.77. The first-order valence-corrected chi connectivity index (χ1v) is 7.63. The van der Waals surface area contributed by atoms with Crippen LogP contribution in [0.15, 0.2) is 18.2 Å². The van der Waals surface area contributed by atoms with E-state index in [1.54, 1.807) is 12.1 Å². The molecule has 1 N–H and O–H groups in total. The second-order valence-electron chi connectivity index (χ2n) is 5.79. The number of benzene rings is 1. The summed E-state index contributed by atoms with van der Waals surface area (Å²) in [4.78, 5) is 0. The van der Waals surface area contributed by atoms with Crippen LogP contribution in [0, 0.1) is 11.2 Å². The largest absolute Gasteiger partial charge is 0.313 e. The molecule has 1 saturated carbocycles. The summed E-state index contributed by atoms with van der Waals surface area (Å²) < 4.78 is 13.5. The van der Waals surface area contributed by atoms with Crippen LogP contribution in [-0.2, 0) is 6.42 Å². The van der Waals surface area contributed by atoms with Gasteiger partial charge in [0.1, 0.15) is 5.82 Å². The standard InChI is InChI=1S/C16H23ClFN/c1-3-16(4-2,11-19-13-6-7-13)10-12-5-8-14(17)15(18)9-12/h5,8-9,13,19H,3-4,6-7,10-11H2,1-2H3. The van der Waals surface area contributed by atoms with Gasteiger partial charge in [-0.05, 0) is 55.2 Å². The Balaban J connectivity index is 2.06. The van der Waals surface area contributed by atoms with Gasteiger partial charge in [0, 0.05) is 12.6 Å². The highest BCUT2D eigenvalue weighted by Crippen LogP contribution is 2.32. The second-order valence-corrected chi connectivity index (χ2v) is 6.19. The molecule has 106 valence electrons. The lowest BCUT2D eigenvalue weighted by Gasteiger charge is -2.32. The molecule has 0 unspecified atom stereocenters. The van der Waals surface area contributed by atoms with Crippen LogP contribution in [0.3, 0.4) is 0 Å². The maximum Gasteiger partial charge on any atom is 0.142 e. The Morgan fingerprint density at radius 1 is 1.32 bits per heavy atom. The van der Waals surface area contributed by atoms with E-state index in [2.05, 4.69) is 19.2 Å². The zero-order chi connectivity index (χ0) is 13.9. The molecule has 1 aromatic carbocycles. The molecule has 2 rings (SSSR count). The topological polar surface area (TPSA) is 12.0 Å². The first kappa shape index (κ1) is 14.8. The van der Waals surface area contributed by atoms with Gasteiger partial charge in [-0.1, -0.05) is 31.5 Å². The molecule has 1 fully saturated rings. The molecular weight excluding hydrogens is 261 g/mol. The van der Waals surface area contributed by atoms with Crippen molar-refractivity contribution >= 4 is 11.6 Å². The molecule has 0 spiro atoms. The number of nitrogens with one attached hydrogen (secondary N) is 1. The van der Waals surface area contributed by atoms with E-state index in [0.717, 1.165) is 37.4 Å². The number of hydrogen-bond acceptors (Lipinski definition) is 1. The quantitative estimate of drug-likeness (QED) is 0.772. The third-order valence-corrected chi connectivity index (χ3v) is 4.71. The molecule has 1 nitrogen and oxygen atoms in total. The van der Waals surface area contributed by atoms with Gasteiger partial charge in [-0.3, -0.25) is 0 Å². The Morgan fingerprint density at radius 2 is 2.00 bits per heavy atom. The molecule has 0 radical (unpaired) electrons. The summed E-state index contributed by atoms with van der Waals surface area (Å²) in [6, 6.07) is 5.91. The van der Waals surface area contributed by atoms with Crippen molar-refractivity contribution in [3.63, 3.8) is 0 Å². The molecule has 0 saturated heterocycles. The van der Waals surface area contributed by atoms with E-state index in [4.69, 9.17) is 11.6 Å². The zero-order valence-corrected chi connectivity index (χ0v) is 12.6. The highest BCUT2D eigenvalue weighted by atomic mass is 35.5. The first-order valence-electron chi connectivity index (χ1n) is 7.26. The van der Waals surface area contributed by atoms with Gasteiger partial charge in [-0.15, -0.1) is 0 Å². The summed E-state index contributed by atoms with van der Waals surface area (Å²) in [7, 11) is 0. The van der Waals surface area contributed by atoms with E-state index in [9.17, 15) is 4.39 Å². The summed E-state index contributed by atoms with van der Waals surface area (Å²) in [5.74, 6) is -0.310. The van der Waals surface area contributed by atoms with Crippen molar-refractivity contribution in [2.24, 2.45) is 5.41 Å². The highest BCUT2D eigenvalue weighted by molar-refractivity contribution is 6.30. The molecule has 19 heavy (non-hydrogen) atoms. The van der Waals surface area contributed by atoms with Crippen LogP contribution in [0.2, 0.25) is 5.02 Å². The van der Waals surface area contributed by atoms with Crippen molar-refractivity contribution in [3.05, 3.63) is 34.6 Å². The Bertz CT molecular complexity index is 425. The Hall–Kier alpha value is -0.600. The first-order chi connectivity index (χ1) is 9.08. The lowest BCUT2D eigenvalue weighted by molar-refractivity contribution is 0.245. The van der Waals surface area contributed by atoms with Gasteiger partial charge in [0.2, 0.25) is 0 Å². The summed E-state index contributed by atoms with van der Waals surface area (Å²) in [6.07, 6.45) is 5.73. The monoisotopic (exact) mass is 283 g/mol. The van der Waals surface area contributed by atoms with E-state index < -0.39 is 0 Å². The third-order valence-electron chi connectivity index (χ3n) is 4.41. The normalized spacial score (nSPS) is 15.8. The molecule has 0 heterocycles. The molecule has 0 aromatic heterocycles. The average Bonchev–Trinajstić information content (AvgIpc) is 3.23. The zero-order valence-electron chi connectivity index (χ0n) is 11.8. The van der Waals surface area contributed by atoms with Gasteiger partial charge in [0.15, 0.2) is 0 Å². The molecule has 0 amide bonds. The maximum absolute atomic E-state index is 13.5. The third kappa shape index (κ3) is 3.93. The van der Waals surface area contributed by atoms with E-state index in [-0.39, 0.29) is 16.3 Å². The predicted molar refractivity (Wildman–Crippen MR) is 79.2 cm³/mol. The minimum Gasteiger partial charge on any atom is -0.313 e. The van der Waals surface area contributed by atoms with Crippen molar-refractivity contribution in [1.29, 1.82) is 0 Å². The summed E-state index contributed by atoms with van der Waals surface area (Å²) in [5.41, 5.74) is 1.27. The fraction of sp³-hybridized carbons (Fsp3) is 0.625. The van der Waals surface area contributed by atoms with Crippen LogP contribution in [0.1, 0.15) is 45.1 Å². The molecule has 1 aliphatic carbocycles. The van der Waals surface area contributed by atoms with Gasteiger partial charge in [-0.25, -0.2) is 4.39 Å². The van der Waals surface area contributed by atoms with Crippen molar-refractivity contribution in [1.82, 2.24) is 5.32 Å². The molecular formula is C16H23ClFN. The predicted octanol–water partition coefficient (Wildman–Crippen LogP) is 4.58. The molecule has 0 atom stereocenters.